The van der Waals surface area contributed by atoms with Gasteiger partial charge in [0.1, 0.15) is 0 Å². The van der Waals surface area contributed by atoms with Gasteiger partial charge in [0.2, 0.25) is 0 Å². The number of carbonyl (C=O) groups excluding carboxylic acids is 1. The van der Waals surface area contributed by atoms with E-state index >= 15 is 0 Å². The Kier molecular flexibility index (Phi) is 5.58. The van der Waals surface area contributed by atoms with Crippen molar-refractivity contribution < 1.29 is 4.79 Å². The molecule has 0 fully saturated rings. The third kappa shape index (κ3) is 4.10. The summed E-state index contributed by atoms with van der Waals surface area (Å²) in [5.41, 5.74) is 2.02. The molecule has 0 spiro atoms. The van der Waals surface area contributed by atoms with E-state index in [2.05, 4.69) is 24.3 Å². The number of aromatic nitrogens is 2. The Balaban J connectivity index is 1.99. The van der Waals surface area contributed by atoms with Crippen LogP contribution in [0.4, 0.5) is 4.79 Å². The zero-order valence-corrected chi connectivity index (χ0v) is 13.5. The average molecular weight is 300 g/mol. The SMILES string of the molecule is CC[C@H](C)CN(C)C(=O)NCc1ccccc1-n1cccn1. The van der Waals surface area contributed by atoms with E-state index < -0.39 is 0 Å². The second-order valence-electron chi connectivity index (χ2n) is 5.63. The van der Waals surface area contributed by atoms with Gasteiger partial charge in [0.15, 0.2) is 0 Å². The Labute approximate surface area is 131 Å². The lowest BCUT2D eigenvalue weighted by molar-refractivity contribution is 0.201. The number of urea groups is 1. The van der Waals surface area contributed by atoms with Crippen LogP contribution in [0, 0.1) is 5.92 Å². The molecule has 1 aromatic carbocycles. The quantitative estimate of drug-likeness (QED) is 0.891. The summed E-state index contributed by atoms with van der Waals surface area (Å²) >= 11 is 0. The molecule has 5 heteroatoms. The maximum atomic E-state index is 12.2. The lowest BCUT2D eigenvalue weighted by atomic mass is 10.1. The number of rotatable bonds is 6. The van der Waals surface area contributed by atoms with Gasteiger partial charge < -0.3 is 10.2 Å². The molecular formula is C17H24N4O. The molecule has 22 heavy (non-hydrogen) atoms. The van der Waals surface area contributed by atoms with Gasteiger partial charge in [-0.25, -0.2) is 9.48 Å². The van der Waals surface area contributed by atoms with E-state index in [1.807, 2.05) is 48.3 Å². The van der Waals surface area contributed by atoms with Gasteiger partial charge in [-0.3, -0.25) is 0 Å². The predicted molar refractivity (Wildman–Crippen MR) is 87.9 cm³/mol. The number of carbonyl (C=O) groups is 1. The summed E-state index contributed by atoms with van der Waals surface area (Å²) in [5.74, 6) is 0.507. The molecule has 2 rings (SSSR count). The third-order valence-corrected chi connectivity index (χ3v) is 3.80. The maximum Gasteiger partial charge on any atom is 0.317 e. The summed E-state index contributed by atoms with van der Waals surface area (Å²) in [6.07, 6.45) is 4.71. The topological polar surface area (TPSA) is 50.2 Å². The van der Waals surface area contributed by atoms with Crippen LogP contribution in [-0.2, 0) is 6.54 Å². The third-order valence-electron chi connectivity index (χ3n) is 3.80. The molecule has 1 N–H and O–H groups in total. The van der Waals surface area contributed by atoms with E-state index in [1.54, 1.807) is 11.1 Å². The van der Waals surface area contributed by atoms with Crippen LogP contribution < -0.4 is 5.32 Å². The zero-order chi connectivity index (χ0) is 15.9. The minimum Gasteiger partial charge on any atom is -0.334 e. The molecule has 5 nitrogen and oxygen atoms in total. The minimum absolute atomic E-state index is 0.0458. The van der Waals surface area contributed by atoms with Gasteiger partial charge in [-0.2, -0.15) is 5.10 Å². The summed E-state index contributed by atoms with van der Waals surface area (Å²) < 4.78 is 1.81. The number of benzene rings is 1. The Hall–Kier alpha value is -2.30. The van der Waals surface area contributed by atoms with Gasteiger partial charge in [-0.15, -0.1) is 0 Å². The molecule has 1 atom stereocenters. The van der Waals surface area contributed by atoms with E-state index in [4.69, 9.17) is 0 Å². The Bertz CT molecular complexity index is 594. The molecular weight excluding hydrogens is 276 g/mol. The molecule has 1 aromatic heterocycles. The number of nitrogens with one attached hydrogen (secondary N) is 1. The molecule has 0 aliphatic carbocycles. The van der Waals surface area contributed by atoms with Crippen molar-refractivity contribution in [2.75, 3.05) is 13.6 Å². The highest BCUT2D eigenvalue weighted by molar-refractivity contribution is 5.74. The minimum atomic E-state index is -0.0458. The normalized spacial score (nSPS) is 12.0. The van der Waals surface area contributed by atoms with E-state index in [0.717, 1.165) is 24.2 Å². The van der Waals surface area contributed by atoms with Gasteiger partial charge in [-0.1, -0.05) is 38.5 Å². The average Bonchev–Trinajstić information content (AvgIpc) is 3.06. The number of amides is 2. The first-order valence-corrected chi connectivity index (χ1v) is 7.68. The second kappa shape index (κ2) is 7.64. The fraction of sp³-hybridized carbons (Fsp3) is 0.412. The molecule has 0 bridgehead atoms. The van der Waals surface area contributed by atoms with Gasteiger partial charge in [0, 0.05) is 32.5 Å². The highest BCUT2D eigenvalue weighted by Gasteiger charge is 2.12. The lowest BCUT2D eigenvalue weighted by Crippen LogP contribution is -2.39. The molecule has 0 saturated heterocycles. The Morgan fingerprint density at radius 2 is 2.14 bits per heavy atom. The number of hydrogen-bond donors (Lipinski definition) is 1. The fourth-order valence-electron chi connectivity index (χ4n) is 2.28. The van der Waals surface area contributed by atoms with Crippen LogP contribution in [0.1, 0.15) is 25.8 Å². The van der Waals surface area contributed by atoms with Crippen LogP contribution in [0.5, 0.6) is 0 Å². The van der Waals surface area contributed by atoms with Crippen molar-refractivity contribution in [1.29, 1.82) is 0 Å². The standard InChI is InChI=1S/C17H24N4O/c1-4-14(2)13-20(3)17(22)18-12-15-8-5-6-9-16(15)21-11-7-10-19-21/h5-11,14H,4,12-13H2,1-3H3,(H,18,22)/t14-/m0/s1. The molecule has 0 aliphatic rings. The van der Waals surface area contributed by atoms with Crippen molar-refractivity contribution in [3.8, 4) is 5.69 Å². The van der Waals surface area contributed by atoms with E-state index in [0.29, 0.717) is 12.5 Å². The van der Waals surface area contributed by atoms with E-state index in [9.17, 15) is 4.79 Å². The van der Waals surface area contributed by atoms with Gasteiger partial charge in [0.25, 0.3) is 0 Å². The van der Waals surface area contributed by atoms with Crippen LogP contribution in [0.3, 0.4) is 0 Å². The summed E-state index contributed by atoms with van der Waals surface area (Å²) in [6.45, 7) is 5.54. The Morgan fingerprint density at radius 3 is 2.82 bits per heavy atom. The zero-order valence-electron chi connectivity index (χ0n) is 13.5. The molecule has 1 heterocycles. The predicted octanol–water partition coefficient (Wildman–Crippen LogP) is 3.06. The van der Waals surface area contributed by atoms with Crippen molar-refractivity contribution >= 4 is 6.03 Å². The number of para-hydroxylation sites is 1. The van der Waals surface area contributed by atoms with Gasteiger partial charge >= 0.3 is 6.03 Å². The van der Waals surface area contributed by atoms with Crippen molar-refractivity contribution in [3.05, 3.63) is 48.3 Å². The van der Waals surface area contributed by atoms with Crippen LogP contribution in [0.15, 0.2) is 42.7 Å². The highest BCUT2D eigenvalue weighted by atomic mass is 16.2. The molecule has 118 valence electrons. The lowest BCUT2D eigenvalue weighted by Gasteiger charge is -2.21. The van der Waals surface area contributed by atoms with Crippen LogP contribution in [-0.4, -0.2) is 34.3 Å². The number of nitrogens with zero attached hydrogens (tertiary/aromatic N) is 3. The molecule has 2 amide bonds. The summed E-state index contributed by atoms with van der Waals surface area (Å²) in [7, 11) is 1.83. The first-order chi connectivity index (χ1) is 10.6. The van der Waals surface area contributed by atoms with Crippen molar-refractivity contribution in [1.82, 2.24) is 20.0 Å². The molecule has 2 aromatic rings. The first kappa shape index (κ1) is 16.1. The van der Waals surface area contributed by atoms with Crippen LogP contribution in [0.25, 0.3) is 5.69 Å². The molecule has 0 radical (unpaired) electrons. The van der Waals surface area contributed by atoms with Crippen molar-refractivity contribution in [2.24, 2.45) is 5.92 Å². The fourth-order valence-corrected chi connectivity index (χ4v) is 2.28. The monoisotopic (exact) mass is 300 g/mol. The summed E-state index contributed by atoms with van der Waals surface area (Å²) in [6, 6.07) is 9.78. The number of hydrogen-bond acceptors (Lipinski definition) is 2. The van der Waals surface area contributed by atoms with Gasteiger partial charge in [0.05, 0.1) is 5.69 Å². The molecule has 0 saturated carbocycles. The highest BCUT2D eigenvalue weighted by Crippen LogP contribution is 2.13. The molecule has 0 aliphatic heterocycles. The van der Waals surface area contributed by atoms with Gasteiger partial charge in [-0.05, 0) is 23.6 Å². The van der Waals surface area contributed by atoms with Crippen molar-refractivity contribution in [3.63, 3.8) is 0 Å². The summed E-state index contributed by atoms with van der Waals surface area (Å²) in [5, 5.41) is 7.23. The maximum absolute atomic E-state index is 12.2. The van der Waals surface area contributed by atoms with E-state index in [-0.39, 0.29) is 6.03 Å². The summed E-state index contributed by atoms with van der Waals surface area (Å²) in [4.78, 5) is 13.9. The second-order valence-corrected chi connectivity index (χ2v) is 5.63. The van der Waals surface area contributed by atoms with Crippen LogP contribution in [0.2, 0.25) is 0 Å². The Morgan fingerprint density at radius 1 is 1.36 bits per heavy atom. The molecule has 0 unspecified atom stereocenters. The largest absolute Gasteiger partial charge is 0.334 e. The van der Waals surface area contributed by atoms with Crippen LogP contribution >= 0.6 is 0 Å². The van der Waals surface area contributed by atoms with Crippen molar-refractivity contribution in [2.45, 2.75) is 26.8 Å². The first-order valence-electron chi connectivity index (χ1n) is 7.68. The smallest absolute Gasteiger partial charge is 0.317 e. The van der Waals surface area contributed by atoms with E-state index in [1.165, 1.54) is 0 Å².